The summed E-state index contributed by atoms with van der Waals surface area (Å²) >= 11 is 0. The van der Waals surface area contributed by atoms with Crippen LogP contribution in [-0.2, 0) is 11.3 Å². The van der Waals surface area contributed by atoms with Gasteiger partial charge in [0.2, 0.25) is 5.91 Å². The van der Waals surface area contributed by atoms with Crippen molar-refractivity contribution in [2.24, 2.45) is 5.73 Å². The molecule has 0 saturated heterocycles. The first-order chi connectivity index (χ1) is 9.50. The van der Waals surface area contributed by atoms with Gasteiger partial charge < -0.3 is 25.7 Å². The summed E-state index contributed by atoms with van der Waals surface area (Å²) in [6, 6.07) is 6.79. The Morgan fingerprint density at radius 2 is 2.05 bits per heavy atom. The Bertz CT molecular complexity index is 649. The van der Waals surface area contributed by atoms with Crippen LogP contribution in [0.15, 0.2) is 28.7 Å². The molecule has 0 saturated carbocycles. The normalized spacial score (nSPS) is 12.4. The second kappa shape index (κ2) is 5.72. The van der Waals surface area contributed by atoms with Crippen LogP contribution in [0, 0.1) is 0 Å². The van der Waals surface area contributed by atoms with Crippen LogP contribution >= 0.6 is 0 Å². The van der Waals surface area contributed by atoms with Gasteiger partial charge in [0.25, 0.3) is 0 Å². The molecule has 2 rings (SSSR count). The number of hydrogen-bond acceptors (Lipinski definition) is 5. The third-order valence-electron chi connectivity index (χ3n) is 2.83. The van der Waals surface area contributed by atoms with Gasteiger partial charge in [0.1, 0.15) is 23.0 Å². The number of primary amides is 1. The highest BCUT2D eigenvalue weighted by atomic mass is 16.4. The third kappa shape index (κ3) is 2.79. The van der Waals surface area contributed by atoms with E-state index >= 15 is 0 Å². The number of carbonyl (C=O) groups excluding carboxylic acids is 1. The first-order valence-corrected chi connectivity index (χ1v) is 5.92. The number of fused-ring (bicyclic) bond motifs is 1. The highest BCUT2D eigenvalue weighted by Gasteiger charge is 2.20. The van der Waals surface area contributed by atoms with Crippen molar-refractivity contribution in [2.45, 2.75) is 12.6 Å². The number of hydrogen-bond donors (Lipinski definition) is 4. The summed E-state index contributed by atoms with van der Waals surface area (Å²) in [6.45, 7) is -0.00785. The van der Waals surface area contributed by atoms with Crippen LogP contribution in [0.25, 0.3) is 11.0 Å². The van der Waals surface area contributed by atoms with Crippen molar-refractivity contribution in [3.8, 4) is 0 Å². The summed E-state index contributed by atoms with van der Waals surface area (Å²) in [6.07, 6.45) is -1.33. The van der Waals surface area contributed by atoms with E-state index in [0.29, 0.717) is 11.0 Å². The van der Waals surface area contributed by atoms with Crippen LogP contribution in [0.4, 0.5) is 0 Å². The minimum Gasteiger partial charge on any atom is -0.478 e. The van der Waals surface area contributed by atoms with Gasteiger partial charge >= 0.3 is 5.97 Å². The topological polar surface area (TPSA) is 126 Å². The van der Waals surface area contributed by atoms with E-state index in [-0.39, 0.29) is 24.4 Å². The van der Waals surface area contributed by atoms with E-state index in [1.54, 1.807) is 24.3 Å². The Balaban J connectivity index is 2.19. The van der Waals surface area contributed by atoms with Gasteiger partial charge in [0, 0.05) is 11.9 Å². The van der Waals surface area contributed by atoms with Crippen LogP contribution in [0.1, 0.15) is 16.1 Å². The molecule has 1 amide bonds. The number of amides is 1. The van der Waals surface area contributed by atoms with Gasteiger partial charge in [0.05, 0.1) is 6.54 Å². The Morgan fingerprint density at radius 1 is 1.35 bits per heavy atom. The maximum Gasteiger partial charge on any atom is 0.339 e. The van der Waals surface area contributed by atoms with Crippen molar-refractivity contribution in [2.75, 3.05) is 6.54 Å². The number of carboxylic acid groups (broad SMARTS) is 1. The molecule has 2 aromatic rings. The fraction of sp³-hybridized carbons (Fsp3) is 0.231. The molecular weight excluding hydrogens is 264 g/mol. The number of nitrogens with one attached hydrogen (secondary N) is 1. The molecule has 1 atom stereocenters. The van der Waals surface area contributed by atoms with Crippen LogP contribution in [0.5, 0.6) is 0 Å². The zero-order valence-electron chi connectivity index (χ0n) is 10.5. The molecule has 0 aliphatic heterocycles. The average molecular weight is 278 g/mol. The molecule has 106 valence electrons. The first kappa shape index (κ1) is 14.0. The van der Waals surface area contributed by atoms with Crippen molar-refractivity contribution >= 4 is 22.8 Å². The molecule has 0 spiro atoms. The molecular formula is C13H14N2O5. The maximum absolute atomic E-state index is 11.3. The van der Waals surface area contributed by atoms with Gasteiger partial charge in [0.15, 0.2) is 0 Å². The molecule has 0 bridgehead atoms. The van der Waals surface area contributed by atoms with Crippen molar-refractivity contribution in [3.63, 3.8) is 0 Å². The van der Waals surface area contributed by atoms with E-state index in [9.17, 15) is 19.8 Å². The van der Waals surface area contributed by atoms with Crippen LogP contribution in [0.3, 0.4) is 0 Å². The zero-order valence-corrected chi connectivity index (χ0v) is 10.5. The summed E-state index contributed by atoms with van der Waals surface area (Å²) in [5.41, 5.74) is 5.45. The predicted molar refractivity (Wildman–Crippen MR) is 70.1 cm³/mol. The number of aromatic carboxylic acids is 1. The molecule has 1 aromatic heterocycles. The van der Waals surface area contributed by atoms with E-state index in [4.69, 9.17) is 10.2 Å². The molecule has 0 fully saturated rings. The quantitative estimate of drug-likeness (QED) is 0.592. The monoisotopic (exact) mass is 278 g/mol. The molecule has 7 heteroatoms. The molecule has 7 nitrogen and oxygen atoms in total. The number of carbonyl (C=O) groups is 2. The van der Waals surface area contributed by atoms with E-state index in [1.165, 1.54) is 0 Å². The number of rotatable bonds is 6. The minimum absolute atomic E-state index is 0.0701. The molecule has 20 heavy (non-hydrogen) atoms. The smallest absolute Gasteiger partial charge is 0.339 e. The number of benzene rings is 1. The Labute approximate surface area is 114 Å². The van der Waals surface area contributed by atoms with Crippen molar-refractivity contribution < 1.29 is 24.2 Å². The highest BCUT2D eigenvalue weighted by molar-refractivity contribution is 6.03. The van der Waals surface area contributed by atoms with Crippen LogP contribution in [-0.4, -0.2) is 34.7 Å². The second-order valence-corrected chi connectivity index (χ2v) is 4.25. The van der Waals surface area contributed by atoms with E-state index < -0.39 is 18.0 Å². The number of para-hydroxylation sites is 1. The fourth-order valence-electron chi connectivity index (χ4n) is 1.88. The zero-order chi connectivity index (χ0) is 14.7. The number of furan rings is 1. The van der Waals surface area contributed by atoms with Gasteiger partial charge in [-0.25, -0.2) is 4.79 Å². The molecule has 1 unspecified atom stereocenters. The molecule has 5 N–H and O–H groups in total. The summed E-state index contributed by atoms with van der Waals surface area (Å²) in [5, 5.41) is 21.7. The lowest BCUT2D eigenvalue weighted by Crippen LogP contribution is -2.37. The standard InChI is InChI=1S/C13H14N2O5/c14-12(17)8(16)5-15-6-10-11(13(18)19)7-3-1-2-4-9(7)20-10/h1-4,8,15-16H,5-6H2,(H2,14,17)(H,18,19). The molecule has 1 aromatic carbocycles. The van der Waals surface area contributed by atoms with Gasteiger partial charge in [-0.2, -0.15) is 0 Å². The molecule has 1 heterocycles. The molecule has 0 aliphatic rings. The van der Waals surface area contributed by atoms with Crippen molar-refractivity contribution in [1.29, 1.82) is 0 Å². The van der Waals surface area contributed by atoms with Gasteiger partial charge in [-0.05, 0) is 6.07 Å². The number of nitrogens with two attached hydrogens (primary N) is 1. The van der Waals surface area contributed by atoms with Crippen molar-refractivity contribution in [3.05, 3.63) is 35.6 Å². The van der Waals surface area contributed by atoms with Crippen LogP contribution in [0.2, 0.25) is 0 Å². The fourth-order valence-corrected chi connectivity index (χ4v) is 1.88. The minimum atomic E-state index is -1.33. The van der Waals surface area contributed by atoms with E-state index in [2.05, 4.69) is 5.32 Å². The lowest BCUT2D eigenvalue weighted by molar-refractivity contribution is -0.125. The van der Waals surface area contributed by atoms with Crippen LogP contribution < -0.4 is 11.1 Å². The lowest BCUT2D eigenvalue weighted by atomic mass is 10.1. The van der Waals surface area contributed by atoms with Crippen molar-refractivity contribution in [1.82, 2.24) is 5.32 Å². The largest absolute Gasteiger partial charge is 0.478 e. The SMILES string of the molecule is NC(=O)C(O)CNCc1oc2ccccc2c1C(=O)O. The number of carboxylic acids is 1. The maximum atomic E-state index is 11.3. The van der Waals surface area contributed by atoms with Gasteiger partial charge in [-0.1, -0.05) is 18.2 Å². The third-order valence-corrected chi connectivity index (χ3v) is 2.83. The predicted octanol–water partition coefficient (Wildman–Crippen LogP) is 0.0668. The number of aliphatic hydroxyl groups is 1. The summed E-state index contributed by atoms with van der Waals surface area (Å²) in [7, 11) is 0. The molecule has 0 radical (unpaired) electrons. The summed E-state index contributed by atoms with van der Waals surface area (Å²) < 4.78 is 5.46. The Morgan fingerprint density at radius 3 is 2.70 bits per heavy atom. The summed E-state index contributed by atoms with van der Waals surface area (Å²) in [4.78, 5) is 22.0. The first-order valence-electron chi connectivity index (χ1n) is 5.92. The van der Waals surface area contributed by atoms with E-state index in [0.717, 1.165) is 0 Å². The van der Waals surface area contributed by atoms with E-state index in [1.807, 2.05) is 0 Å². The van der Waals surface area contributed by atoms with Gasteiger partial charge in [-0.15, -0.1) is 0 Å². The molecule has 0 aliphatic carbocycles. The Hall–Kier alpha value is -2.38. The second-order valence-electron chi connectivity index (χ2n) is 4.25. The Kier molecular flexibility index (Phi) is 4.02. The average Bonchev–Trinajstić information content (AvgIpc) is 2.76. The summed E-state index contributed by atoms with van der Waals surface area (Å²) in [5.74, 6) is -1.71. The van der Waals surface area contributed by atoms with Gasteiger partial charge in [-0.3, -0.25) is 4.79 Å². The lowest BCUT2D eigenvalue weighted by Gasteiger charge is -2.07. The number of aliphatic hydroxyl groups excluding tert-OH is 1. The highest BCUT2D eigenvalue weighted by Crippen LogP contribution is 2.25.